The van der Waals surface area contributed by atoms with Gasteiger partial charge in [-0.05, 0) is 72.9 Å². The van der Waals surface area contributed by atoms with Crippen LogP contribution in [0.1, 0.15) is 64.7 Å². The number of nitrogens with one attached hydrogen (secondary N) is 1. The lowest BCUT2D eigenvalue weighted by molar-refractivity contribution is 0.101. The molecule has 6 rings (SSSR count). The summed E-state index contributed by atoms with van der Waals surface area (Å²) >= 11 is 0. The second kappa shape index (κ2) is 4.57. The molecule has 4 nitrogen and oxygen atoms in total. The number of ether oxygens (including phenoxy) is 2. The Bertz CT molecular complexity index is 935. The Morgan fingerprint density at radius 2 is 2.04 bits per heavy atom. The van der Waals surface area contributed by atoms with Crippen LogP contribution in [0, 0.1) is 5.92 Å². The highest BCUT2D eigenvalue weighted by atomic mass is 16.7. The topological polar surface area (TPSA) is 47.6 Å². The second-order valence-corrected chi connectivity index (χ2v) is 7.72. The fourth-order valence-electron chi connectivity index (χ4n) is 5.54. The monoisotopic (exact) mass is 333 g/mol. The maximum absolute atomic E-state index is 11.8. The molecule has 0 saturated heterocycles. The summed E-state index contributed by atoms with van der Waals surface area (Å²) in [6, 6.07) is 10.7. The van der Waals surface area contributed by atoms with Crippen molar-refractivity contribution in [3.05, 3.63) is 52.6 Å². The molecule has 2 aromatic rings. The van der Waals surface area contributed by atoms with E-state index < -0.39 is 0 Å². The molecule has 2 aliphatic heterocycles. The van der Waals surface area contributed by atoms with Gasteiger partial charge >= 0.3 is 0 Å². The zero-order chi connectivity index (χ0) is 16.7. The van der Waals surface area contributed by atoms with Gasteiger partial charge in [0.25, 0.3) is 0 Å². The van der Waals surface area contributed by atoms with Gasteiger partial charge in [-0.1, -0.05) is 6.07 Å². The van der Waals surface area contributed by atoms with Crippen LogP contribution in [0.4, 0.5) is 5.69 Å². The Morgan fingerprint density at radius 3 is 2.92 bits per heavy atom. The van der Waals surface area contributed by atoms with Gasteiger partial charge in [-0.2, -0.15) is 0 Å². The Kier molecular flexibility index (Phi) is 2.51. The zero-order valence-corrected chi connectivity index (χ0v) is 14.0. The summed E-state index contributed by atoms with van der Waals surface area (Å²) in [7, 11) is 0. The molecule has 4 aliphatic rings. The van der Waals surface area contributed by atoms with Gasteiger partial charge < -0.3 is 14.8 Å². The SMILES string of the molecule is CC(=O)c1ccc2c(c1)[C@@H]1C[C@@H]3C[C@@H]1[C@@H](N2)c1ccc2c(c13)OCO2. The molecule has 4 heteroatoms. The van der Waals surface area contributed by atoms with Crippen LogP contribution in [0.5, 0.6) is 11.5 Å². The van der Waals surface area contributed by atoms with Crippen LogP contribution in [0.3, 0.4) is 0 Å². The van der Waals surface area contributed by atoms with Gasteiger partial charge in [0.15, 0.2) is 17.3 Å². The van der Waals surface area contributed by atoms with Gasteiger partial charge in [0.05, 0.1) is 6.04 Å². The molecule has 4 atom stereocenters. The summed E-state index contributed by atoms with van der Waals surface area (Å²) < 4.78 is 11.4. The van der Waals surface area contributed by atoms with Crippen molar-refractivity contribution in [1.29, 1.82) is 0 Å². The van der Waals surface area contributed by atoms with Crippen LogP contribution in [-0.2, 0) is 0 Å². The van der Waals surface area contributed by atoms with Gasteiger partial charge in [-0.25, -0.2) is 0 Å². The number of rotatable bonds is 1. The van der Waals surface area contributed by atoms with Crippen molar-refractivity contribution in [3.63, 3.8) is 0 Å². The first-order valence-corrected chi connectivity index (χ1v) is 9.04. The largest absolute Gasteiger partial charge is 0.454 e. The lowest BCUT2D eigenvalue weighted by atomic mass is 9.74. The van der Waals surface area contributed by atoms with Crippen LogP contribution >= 0.6 is 0 Å². The summed E-state index contributed by atoms with van der Waals surface area (Å²) in [5.74, 6) is 3.60. The van der Waals surface area contributed by atoms with E-state index in [0.29, 0.717) is 30.6 Å². The van der Waals surface area contributed by atoms with E-state index in [1.807, 2.05) is 6.07 Å². The van der Waals surface area contributed by atoms with Gasteiger partial charge in [0.1, 0.15) is 0 Å². The first-order valence-electron chi connectivity index (χ1n) is 9.04. The minimum atomic E-state index is 0.137. The summed E-state index contributed by atoms with van der Waals surface area (Å²) in [5.41, 5.74) is 6.04. The number of anilines is 1. The molecule has 25 heavy (non-hydrogen) atoms. The average molecular weight is 333 g/mol. The Balaban J connectivity index is 1.52. The number of fused-ring (bicyclic) bond motifs is 8. The summed E-state index contributed by atoms with van der Waals surface area (Å²) in [6.07, 6.45) is 2.31. The van der Waals surface area contributed by atoms with Crippen molar-refractivity contribution in [2.45, 2.75) is 37.6 Å². The standard InChI is InChI=1S/C21H19NO3/c1-10(23)11-2-4-17-15(6-11)14-7-12-8-16(14)20(22-17)13-3-5-18-21(19(12)13)25-9-24-18/h2-6,12,14,16,20,22H,7-9H2,1H3/t12-,14+,16+,20+/m1/s1. The number of carbonyl (C=O) groups excluding carboxylic acids is 1. The van der Waals surface area contributed by atoms with Gasteiger partial charge in [0, 0.05) is 16.8 Å². The number of Topliss-reactive ketones (excluding diaryl/α,β-unsaturated/α-hetero) is 1. The smallest absolute Gasteiger partial charge is 0.231 e. The highest BCUT2D eigenvalue weighted by molar-refractivity contribution is 5.95. The van der Waals surface area contributed by atoms with Crippen molar-refractivity contribution >= 4 is 11.5 Å². The van der Waals surface area contributed by atoms with Crippen molar-refractivity contribution < 1.29 is 14.3 Å². The second-order valence-electron chi connectivity index (χ2n) is 7.72. The molecule has 0 aromatic heterocycles. The quantitative estimate of drug-likeness (QED) is 0.787. The third-order valence-corrected chi connectivity index (χ3v) is 6.56. The van der Waals surface area contributed by atoms with Crippen LogP contribution in [0.2, 0.25) is 0 Å². The number of ketones is 1. The highest BCUT2D eigenvalue weighted by Crippen LogP contribution is 2.64. The summed E-state index contributed by atoms with van der Waals surface area (Å²) in [4.78, 5) is 11.8. The fraction of sp³-hybridized carbons (Fsp3) is 0.381. The van der Waals surface area contributed by atoms with E-state index in [-0.39, 0.29) is 5.78 Å². The van der Waals surface area contributed by atoms with E-state index in [4.69, 9.17) is 9.47 Å². The van der Waals surface area contributed by atoms with Crippen LogP contribution in [0.15, 0.2) is 30.3 Å². The maximum Gasteiger partial charge on any atom is 0.231 e. The average Bonchev–Trinajstić information content (AvgIpc) is 3.25. The van der Waals surface area contributed by atoms with Gasteiger partial charge in [0.2, 0.25) is 6.79 Å². The zero-order valence-electron chi connectivity index (χ0n) is 14.0. The molecule has 0 radical (unpaired) electrons. The number of hydrogen-bond acceptors (Lipinski definition) is 4. The highest BCUT2D eigenvalue weighted by Gasteiger charge is 2.51. The van der Waals surface area contributed by atoms with Crippen molar-refractivity contribution in [2.75, 3.05) is 12.1 Å². The molecule has 0 spiro atoms. The van der Waals surface area contributed by atoms with Gasteiger partial charge in [-0.15, -0.1) is 0 Å². The summed E-state index contributed by atoms with van der Waals surface area (Å²) in [6.45, 7) is 1.97. The predicted molar refractivity (Wildman–Crippen MR) is 93.6 cm³/mol. The van der Waals surface area contributed by atoms with Crippen molar-refractivity contribution in [3.8, 4) is 11.5 Å². The molecule has 2 aliphatic carbocycles. The Labute approximate surface area is 146 Å². The van der Waals surface area contributed by atoms with E-state index in [2.05, 4.69) is 29.6 Å². The van der Waals surface area contributed by atoms with Crippen LogP contribution in [-0.4, -0.2) is 12.6 Å². The van der Waals surface area contributed by atoms with E-state index >= 15 is 0 Å². The normalized spacial score (nSPS) is 29.6. The Hall–Kier alpha value is -2.49. The molecule has 0 unspecified atom stereocenters. The van der Waals surface area contributed by atoms with Gasteiger partial charge in [-0.3, -0.25) is 4.79 Å². The minimum absolute atomic E-state index is 0.137. The van der Waals surface area contributed by atoms with E-state index in [9.17, 15) is 4.79 Å². The molecular formula is C21H19NO3. The first kappa shape index (κ1) is 13.8. The van der Waals surface area contributed by atoms with E-state index in [1.165, 1.54) is 28.8 Å². The molecule has 2 heterocycles. The number of benzene rings is 2. The molecule has 1 N–H and O–H groups in total. The van der Waals surface area contributed by atoms with Crippen molar-refractivity contribution in [2.24, 2.45) is 5.92 Å². The van der Waals surface area contributed by atoms with E-state index in [1.54, 1.807) is 6.92 Å². The maximum atomic E-state index is 11.8. The van der Waals surface area contributed by atoms with Crippen molar-refractivity contribution in [1.82, 2.24) is 0 Å². The van der Waals surface area contributed by atoms with Crippen LogP contribution < -0.4 is 14.8 Å². The summed E-state index contributed by atoms with van der Waals surface area (Å²) in [5, 5.41) is 3.76. The Morgan fingerprint density at radius 1 is 1.12 bits per heavy atom. The lowest BCUT2D eigenvalue weighted by Gasteiger charge is -2.39. The first-order chi connectivity index (χ1) is 12.2. The number of carbonyl (C=O) groups is 1. The fourth-order valence-corrected chi connectivity index (χ4v) is 5.54. The lowest BCUT2D eigenvalue weighted by Crippen LogP contribution is -2.31. The molecule has 1 saturated carbocycles. The third-order valence-electron chi connectivity index (χ3n) is 6.56. The molecule has 2 aromatic carbocycles. The molecule has 0 amide bonds. The molecule has 1 fully saturated rings. The molecular weight excluding hydrogens is 314 g/mol. The van der Waals surface area contributed by atoms with E-state index in [0.717, 1.165) is 23.5 Å². The third kappa shape index (κ3) is 1.69. The number of hydrogen-bond donors (Lipinski definition) is 1. The molecule has 126 valence electrons. The minimum Gasteiger partial charge on any atom is -0.454 e. The van der Waals surface area contributed by atoms with Crippen LogP contribution in [0.25, 0.3) is 0 Å². The molecule has 2 bridgehead atoms. The predicted octanol–water partition coefficient (Wildman–Crippen LogP) is 4.38.